The van der Waals surface area contributed by atoms with Gasteiger partial charge in [0, 0.05) is 18.2 Å². The molecule has 2 aromatic carbocycles. The second kappa shape index (κ2) is 7.06. The zero-order valence-corrected chi connectivity index (χ0v) is 14.9. The smallest absolute Gasteiger partial charge is 0.175 e. The third-order valence-electron chi connectivity index (χ3n) is 3.91. The van der Waals surface area contributed by atoms with Gasteiger partial charge in [-0.25, -0.2) is 18.4 Å². The highest BCUT2D eigenvalue weighted by Crippen LogP contribution is 2.23. The van der Waals surface area contributed by atoms with Crippen LogP contribution in [-0.2, 0) is 16.3 Å². The number of para-hydroxylation sites is 1. The maximum Gasteiger partial charge on any atom is 0.175 e. The number of rotatable bonds is 6. The SMILES string of the molecule is COc1ccccc1CCNc1ncnc2ccc(S(C)(=O)=O)cc12. The van der Waals surface area contributed by atoms with E-state index < -0.39 is 9.84 Å². The van der Waals surface area contributed by atoms with Crippen LogP contribution in [0, 0.1) is 0 Å². The number of fused-ring (bicyclic) bond motifs is 1. The normalized spacial score (nSPS) is 11.4. The standard InChI is InChI=1S/C18H19N3O3S/c1-24-17-6-4-3-5-13(17)9-10-19-18-15-11-14(25(2,22)23)7-8-16(15)20-12-21-18/h3-8,11-12H,9-10H2,1-2H3,(H,19,20,21). The summed E-state index contributed by atoms with van der Waals surface area (Å²) in [5.41, 5.74) is 1.79. The van der Waals surface area contributed by atoms with Crippen molar-refractivity contribution in [2.45, 2.75) is 11.3 Å². The summed E-state index contributed by atoms with van der Waals surface area (Å²) in [6.07, 6.45) is 3.40. The summed E-state index contributed by atoms with van der Waals surface area (Å²) in [7, 11) is -1.63. The van der Waals surface area contributed by atoms with Crippen molar-refractivity contribution in [1.29, 1.82) is 0 Å². The minimum Gasteiger partial charge on any atom is -0.496 e. The van der Waals surface area contributed by atoms with Crippen LogP contribution < -0.4 is 10.1 Å². The van der Waals surface area contributed by atoms with E-state index in [1.807, 2.05) is 24.3 Å². The van der Waals surface area contributed by atoms with Crippen molar-refractivity contribution in [1.82, 2.24) is 9.97 Å². The van der Waals surface area contributed by atoms with Gasteiger partial charge < -0.3 is 10.1 Å². The first kappa shape index (κ1) is 17.2. The topological polar surface area (TPSA) is 81.2 Å². The Bertz CT molecular complexity index is 1000. The molecular weight excluding hydrogens is 338 g/mol. The molecule has 0 spiro atoms. The second-order valence-corrected chi connectivity index (χ2v) is 7.68. The van der Waals surface area contributed by atoms with Gasteiger partial charge in [-0.05, 0) is 36.2 Å². The highest BCUT2D eigenvalue weighted by atomic mass is 32.2. The Morgan fingerprint density at radius 3 is 2.68 bits per heavy atom. The van der Waals surface area contributed by atoms with Crippen molar-refractivity contribution in [3.63, 3.8) is 0 Å². The van der Waals surface area contributed by atoms with Crippen LogP contribution in [0.25, 0.3) is 10.9 Å². The summed E-state index contributed by atoms with van der Waals surface area (Å²) in [6, 6.07) is 12.7. The third-order valence-corrected chi connectivity index (χ3v) is 5.02. The second-order valence-electron chi connectivity index (χ2n) is 5.66. The van der Waals surface area contributed by atoms with Crippen molar-refractivity contribution < 1.29 is 13.2 Å². The average Bonchev–Trinajstić information content (AvgIpc) is 2.61. The van der Waals surface area contributed by atoms with Crippen molar-refractivity contribution in [2.24, 2.45) is 0 Å². The molecule has 0 radical (unpaired) electrons. The van der Waals surface area contributed by atoms with Crippen LogP contribution in [0.15, 0.2) is 53.7 Å². The molecular formula is C18H19N3O3S. The summed E-state index contributed by atoms with van der Waals surface area (Å²) >= 11 is 0. The molecule has 130 valence electrons. The maximum absolute atomic E-state index is 11.8. The molecule has 0 atom stereocenters. The summed E-state index contributed by atoms with van der Waals surface area (Å²) in [6.45, 7) is 0.635. The van der Waals surface area contributed by atoms with Crippen molar-refractivity contribution >= 4 is 26.6 Å². The predicted molar refractivity (Wildman–Crippen MR) is 97.8 cm³/mol. The number of aromatic nitrogens is 2. The van der Waals surface area contributed by atoms with E-state index in [1.54, 1.807) is 25.3 Å². The van der Waals surface area contributed by atoms with E-state index in [0.717, 1.165) is 17.7 Å². The van der Waals surface area contributed by atoms with E-state index in [-0.39, 0.29) is 4.90 Å². The Morgan fingerprint density at radius 1 is 1.12 bits per heavy atom. The summed E-state index contributed by atoms with van der Waals surface area (Å²) < 4.78 is 28.9. The Balaban J connectivity index is 1.84. The van der Waals surface area contributed by atoms with Crippen molar-refractivity contribution in [3.05, 3.63) is 54.4 Å². The lowest BCUT2D eigenvalue weighted by atomic mass is 10.1. The van der Waals surface area contributed by atoms with Gasteiger partial charge in [0.15, 0.2) is 9.84 Å². The number of hydrogen-bond acceptors (Lipinski definition) is 6. The van der Waals surface area contributed by atoms with Gasteiger partial charge in [-0.2, -0.15) is 0 Å². The van der Waals surface area contributed by atoms with E-state index in [2.05, 4.69) is 15.3 Å². The van der Waals surface area contributed by atoms with E-state index >= 15 is 0 Å². The molecule has 6 nitrogen and oxygen atoms in total. The lowest BCUT2D eigenvalue weighted by Crippen LogP contribution is -2.08. The minimum absolute atomic E-state index is 0.252. The molecule has 1 heterocycles. The fourth-order valence-electron chi connectivity index (χ4n) is 2.63. The molecule has 0 fully saturated rings. The number of nitrogens with zero attached hydrogens (tertiary/aromatic N) is 2. The fraction of sp³-hybridized carbons (Fsp3) is 0.222. The van der Waals surface area contributed by atoms with Crippen LogP contribution in [-0.4, -0.2) is 38.3 Å². The lowest BCUT2D eigenvalue weighted by Gasteiger charge is -2.11. The predicted octanol–water partition coefficient (Wildman–Crippen LogP) is 2.70. The number of methoxy groups -OCH3 is 1. The van der Waals surface area contributed by atoms with Gasteiger partial charge in [-0.15, -0.1) is 0 Å². The minimum atomic E-state index is -3.28. The maximum atomic E-state index is 11.8. The monoisotopic (exact) mass is 357 g/mol. The molecule has 3 aromatic rings. The molecule has 7 heteroatoms. The van der Waals surface area contributed by atoms with Crippen LogP contribution in [0.5, 0.6) is 5.75 Å². The first-order chi connectivity index (χ1) is 12.0. The van der Waals surface area contributed by atoms with E-state index in [4.69, 9.17) is 4.74 Å². The van der Waals surface area contributed by atoms with Gasteiger partial charge in [-0.1, -0.05) is 18.2 Å². The molecule has 0 aliphatic rings. The molecule has 0 saturated heterocycles. The zero-order chi connectivity index (χ0) is 17.9. The van der Waals surface area contributed by atoms with Crippen molar-refractivity contribution in [3.8, 4) is 5.75 Å². The van der Waals surface area contributed by atoms with Crippen molar-refractivity contribution in [2.75, 3.05) is 25.2 Å². The molecule has 0 aliphatic carbocycles. The summed E-state index contributed by atoms with van der Waals surface area (Å²) in [4.78, 5) is 8.70. The zero-order valence-electron chi connectivity index (χ0n) is 14.1. The molecule has 25 heavy (non-hydrogen) atoms. The molecule has 1 aromatic heterocycles. The molecule has 0 bridgehead atoms. The first-order valence-corrected chi connectivity index (χ1v) is 9.69. The van der Waals surface area contributed by atoms with Gasteiger partial charge in [0.2, 0.25) is 0 Å². The highest BCUT2D eigenvalue weighted by molar-refractivity contribution is 7.90. The summed E-state index contributed by atoms with van der Waals surface area (Å²) in [5, 5.41) is 3.95. The van der Waals surface area contributed by atoms with Gasteiger partial charge in [0.25, 0.3) is 0 Å². The van der Waals surface area contributed by atoms with E-state index in [1.165, 1.54) is 12.6 Å². The highest BCUT2D eigenvalue weighted by Gasteiger charge is 2.11. The van der Waals surface area contributed by atoms with Crippen LogP contribution in [0.1, 0.15) is 5.56 Å². The van der Waals surface area contributed by atoms with Gasteiger partial charge in [0.1, 0.15) is 17.9 Å². The number of sulfone groups is 1. The number of nitrogens with one attached hydrogen (secondary N) is 1. The number of anilines is 1. The van der Waals surface area contributed by atoms with Crippen LogP contribution in [0.4, 0.5) is 5.82 Å². The molecule has 0 amide bonds. The van der Waals surface area contributed by atoms with E-state index in [9.17, 15) is 8.42 Å². The van der Waals surface area contributed by atoms with Crippen LogP contribution in [0.3, 0.4) is 0 Å². The quantitative estimate of drug-likeness (QED) is 0.730. The van der Waals surface area contributed by atoms with Crippen LogP contribution >= 0.6 is 0 Å². The van der Waals surface area contributed by atoms with Crippen LogP contribution in [0.2, 0.25) is 0 Å². The number of hydrogen-bond donors (Lipinski definition) is 1. The molecule has 0 aliphatic heterocycles. The van der Waals surface area contributed by atoms with Gasteiger partial charge >= 0.3 is 0 Å². The Labute approximate surface area is 146 Å². The molecule has 0 saturated carbocycles. The number of benzene rings is 2. The van der Waals surface area contributed by atoms with Gasteiger partial charge in [0.05, 0.1) is 17.5 Å². The first-order valence-electron chi connectivity index (χ1n) is 7.79. The Morgan fingerprint density at radius 2 is 1.92 bits per heavy atom. The number of ether oxygens (including phenoxy) is 1. The average molecular weight is 357 g/mol. The molecule has 0 unspecified atom stereocenters. The van der Waals surface area contributed by atoms with Gasteiger partial charge in [-0.3, -0.25) is 0 Å². The largest absolute Gasteiger partial charge is 0.496 e. The molecule has 1 N–H and O–H groups in total. The molecule has 3 rings (SSSR count). The Kier molecular flexibility index (Phi) is 4.85. The summed E-state index contributed by atoms with van der Waals surface area (Å²) in [5.74, 6) is 1.46. The van der Waals surface area contributed by atoms with E-state index in [0.29, 0.717) is 23.3 Å². The third kappa shape index (κ3) is 3.88. The fourth-order valence-corrected chi connectivity index (χ4v) is 3.28. The Hall–Kier alpha value is -2.67. The lowest BCUT2D eigenvalue weighted by molar-refractivity contribution is 0.410.